The SMILES string of the molecule is CCc1cccc(Oc2cc(Br)ccc2CNC2CC2)c1. The van der Waals surface area contributed by atoms with E-state index in [1.807, 2.05) is 18.2 Å². The highest BCUT2D eigenvalue weighted by Gasteiger charge is 2.20. The van der Waals surface area contributed by atoms with E-state index in [2.05, 4.69) is 52.4 Å². The largest absolute Gasteiger partial charge is 0.457 e. The maximum Gasteiger partial charge on any atom is 0.133 e. The van der Waals surface area contributed by atoms with E-state index in [4.69, 9.17) is 4.74 Å². The smallest absolute Gasteiger partial charge is 0.133 e. The minimum atomic E-state index is 0.699. The molecule has 0 atom stereocenters. The monoisotopic (exact) mass is 345 g/mol. The Hall–Kier alpha value is -1.32. The van der Waals surface area contributed by atoms with E-state index in [1.54, 1.807) is 0 Å². The Balaban J connectivity index is 1.79. The van der Waals surface area contributed by atoms with Gasteiger partial charge in [-0.15, -0.1) is 0 Å². The van der Waals surface area contributed by atoms with Crippen molar-refractivity contribution in [2.45, 2.75) is 38.8 Å². The van der Waals surface area contributed by atoms with Crippen molar-refractivity contribution < 1.29 is 4.74 Å². The lowest BCUT2D eigenvalue weighted by Gasteiger charge is -2.13. The molecule has 0 heterocycles. The van der Waals surface area contributed by atoms with Gasteiger partial charge in [-0.05, 0) is 49.1 Å². The van der Waals surface area contributed by atoms with Crippen LogP contribution in [0.5, 0.6) is 11.5 Å². The van der Waals surface area contributed by atoms with Crippen LogP contribution in [0.15, 0.2) is 46.9 Å². The van der Waals surface area contributed by atoms with Crippen molar-refractivity contribution in [2.24, 2.45) is 0 Å². The average molecular weight is 346 g/mol. The summed E-state index contributed by atoms with van der Waals surface area (Å²) in [6.45, 7) is 3.02. The molecule has 2 aromatic carbocycles. The molecule has 1 aliphatic rings. The van der Waals surface area contributed by atoms with Crippen molar-refractivity contribution in [2.75, 3.05) is 0 Å². The number of benzene rings is 2. The number of ether oxygens (including phenoxy) is 1. The second kappa shape index (κ2) is 6.63. The lowest BCUT2D eigenvalue weighted by Crippen LogP contribution is -2.15. The summed E-state index contributed by atoms with van der Waals surface area (Å²) in [5.74, 6) is 1.82. The molecule has 1 aliphatic carbocycles. The molecule has 0 unspecified atom stereocenters. The molecule has 0 spiro atoms. The van der Waals surface area contributed by atoms with E-state index in [0.717, 1.165) is 28.9 Å². The highest BCUT2D eigenvalue weighted by Crippen LogP contribution is 2.30. The molecule has 0 bridgehead atoms. The first-order chi connectivity index (χ1) is 10.2. The second-order valence-electron chi connectivity index (χ2n) is 5.51. The Labute approximate surface area is 134 Å². The number of nitrogens with one attached hydrogen (secondary N) is 1. The quantitative estimate of drug-likeness (QED) is 0.790. The zero-order chi connectivity index (χ0) is 14.7. The molecule has 3 rings (SSSR count). The summed E-state index contributed by atoms with van der Waals surface area (Å²) in [7, 11) is 0. The Morgan fingerprint density at radius 2 is 2.05 bits per heavy atom. The molecular weight excluding hydrogens is 326 g/mol. The van der Waals surface area contributed by atoms with Crippen LogP contribution in [0.3, 0.4) is 0 Å². The first kappa shape index (κ1) is 14.6. The number of rotatable bonds is 6. The highest BCUT2D eigenvalue weighted by atomic mass is 79.9. The molecule has 21 heavy (non-hydrogen) atoms. The van der Waals surface area contributed by atoms with Crippen molar-refractivity contribution in [3.63, 3.8) is 0 Å². The molecule has 2 nitrogen and oxygen atoms in total. The number of aryl methyl sites for hydroxylation is 1. The molecule has 2 aromatic rings. The summed E-state index contributed by atoms with van der Waals surface area (Å²) in [5, 5.41) is 3.55. The van der Waals surface area contributed by atoms with Crippen molar-refractivity contribution in [3.05, 3.63) is 58.1 Å². The molecule has 0 aromatic heterocycles. The van der Waals surface area contributed by atoms with Crippen LogP contribution in [0.1, 0.15) is 30.9 Å². The van der Waals surface area contributed by atoms with E-state index >= 15 is 0 Å². The van der Waals surface area contributed by atoms with Gasteiger partial charge < -0.3 is 10.1 Å². The molecule has 110 valence electrons. The Morgan fingerprint density at radius 3 is 2.81 bits per heavy atom. The van der Waals surface area contributed by atoms with Gasteiger partial charge >= 0.3 is 0 Å². The van der Waals surface area contributed by atoms with Gasteiger partial charge in [0.2, 0.25) is 0 Å². The fourth-order valence-corrected chi connectivity index (χ4v) is 2.61. The normalized spacial score (nSPS) is 14.2. The second-order valence-corrected chi connectivity index (χ2v) is 6.43. The lowest BCUT2D eigenvalue weighted by molar-refractivity contribution is 0.471. The number of halogens is 1. The van der Waals surface area contributed by atoms with Crippen LogP contribution in [-0.2, 0) is 13.0 Å². The Kier molecular flexibility index (Phi) is 4.61. The minimum absolute atomic E-state index is 0.699. The summed E-state index contributed by atoms with van der Waals surface area (Å²) in [6.07, 6.45) is 3.61. The standard InChI is InChI=1S/C18H20BrNO/c1-2-13-4-3-5-17(10-13)21-18-11-15(19)7-6-14(18)12-20-16-8-9-16/h3-7,10-11,16,20H,2,8-9,12H2,1H3. The molecule has 1 saturated carbocycles. The van der Waals surface area contributed by atoms with E-state index in [0.29, 0.717) is 6.04 Å². The topological polar surface area (TPSA) is 21.3 Å². The first-order valence-corrected chi connectivity index (χ1v) is 8.32. The average Bonchev–Trinajstić information content (AvgIpc) is 3.31. The first-order valence-electron chi connectivity index (χ1n) is 7.53. The van der Waals surface area contributed by atoms with E-state index in [9.17, 15) is 0 Å². The molecular formula is C18H20BrNO. The molecule has 0 saturated heterocycles. The fraction of sp³-hybridized carbons (Fsp3) is 0.333. The van der Waals surface area contributed by atoms with Gasteiger partial charge in [-0.2, -0.15) is 0 Å². The zero-order valence-corrected chi connectivity index (χ0v) is 13.8. The van der Waals surface area contributed by atoms with Gasteiger partial charge in [0.15, 0.2) is 0 Å². The summed E-state index contributed by atoms with van der Waals surface area (Å²) in [6, 6.07) is 15.2. The summed E-state index contributed by atoms with van der Waals surface area (Å²) >= 11 is 3.53. The van der Waals surface area contributed by atoms with Gasteiger partial charge in [-0.3, -0.25) is 0 Å². The molecule has 3 heteroatoms. The third kappa shape index (κ3) is 4.08. The van der Waals surface area contributed by atoms with E-state index in [-0.39, 0.29) is 0 Å². The Morgan fingerprint density at radius 1 is 1.19 bits per heavy atom. The van der Waals surface area contributed by atoms with Crippen molar-refractivity contribution in [3.8, 4) is 11.5 Å². The van der Waals surface area contributed by atoms with Gasteiger partial charge in [0.25, 0.3) is 0 Å². The lowest BCUT2D eigenvalue weighted by atomic mass is 10.1. The maximum atomic E-state index is 6.12. The summed E-state index contributed by atoms with van der Waals surface area (Å²) in [5.41, 5.74) is 2.49. The van der Waals surface area contributed by atoms with Crippen LogP contribution in [-0.4, -0.2) is 6.04 Å². The van der Waals surface area contributed by atoms with Gasteiger partial charge in [-0.1, -0.05) is 41.1 Å². The van der Waals surface area contributed by atoms with Gasteiger partial charge in [-0.25, -0.2) is 0 Å². The predicted octanol–water partition coefficient (Wildman–Crippen LogP) is 5.06. The Bertz CT molecular complexity index is 622. The van der Waals surface area contributed by atoms with Crippen molar-refractivity contribution in [1.29, 1.82) is 0 Å². The van der Waals surface area contributed by atoms with Crippen molar-refractivity contribution in [1.82, 2.24) is 5.32 Å². The van der Waals surface area contributed by atoms with Gasteiger partial charge in [0.1, 0.15) is 11.5 Å². The summed E-state index contributed by atoms with van der Waals surface area (Å²) < 4.78 is 7.16. The molecule has 1 N–H and O–H groups in total. The fourth-order valence-electron chi connectivity index (χ4n) is 2.27. The van der Waals surface area contributed by atoms with Crippen LogP contribution in [0.4, 0.5) is 0 Å². The van der Waals surface area contributed by atoms with Gasteiger partial charge in [0, 0.05) is 22.6 Å². The molecule has 0 amide bonds. The third-order valence-electron chi connectivity index (χ3n) is 3.72. The van der Waals surface area contributed by atoms with Crippen LogP contribution < -0.4 is 10.1 Å². The van der Waals surface area contributed by atoms with Gasteiger partial charge in [0.05, 0.1) is 0 Å². The molecule has 1 fully saturated rings. The van der Waals surface area contributed by atoms with Crippen LogP contribution in [0, 0.1) is 0 Å². The van der Waals surface area contributed by atoms with E-state index < -0.39 is 0 Å². The highest BCUT2D eigenvalue weighted by molar-refractivity contribution is 9.10. The van der Waals surface area contributed by atoms with Crippen molar-refractivity contribution >= 4 is 15.9 Å². The van der Waals surface area contributed by atoms with Crippen LogP contribution in [0.25, 0.3) is 0 Å². The van der Waals surface area contributed by atoms with Crippen LogP contribution in [0.2, 0.25) is 0 Å². The number of hydrogen-bond donors (Lipinski definition) is 1. The predicted molar refractivity (Wildman–Crippen MR) is 89.9 cm³/mol. The molecule has 0 radical (unpaired) electrons. The zero-order valence-electron chi connectivity index (χ0n) is 12.2. The van der Waals surface area contributed by atoms with Crippen LogP contribution >= 0.6 is 15.9 Å². The van der Waals surface area contributed by atoms with E-state index in [1.165, 1.54) is 24.0 Å². The minimum Gasteiger partial charge on any atom is -0.457 e. The number of hydrogen-bond acceptors (Lipinski definition) is 2. The molecule has 0 aliphatic heterocycles. The summed E-state index contributed by atoms with van der Waals surface area (Å²) in [4.78, 5) is 0. The maximum absolute atomic E-state index is 6.12. The third-order valence-corrected chi connectivity index (χ3v) is 4.22.